The molecule has 1 nitrogen and oxygen atoms in total. The Labute approximate surface area is 125 Å². The zero-order valence-electron chi connectivity index (χ0n) is 12.3. The van der Waals surface area contributed by atoms with Gasteiger partial charge >= 0.3 is 0 Å². The standard InChI is InChI=1S/C20H18O/c1-13(21)20-18-5-3-2-4-17(18)16(9-8-14-6-7-14)12-19(20)15-10-11-15/h2-5,12,14-15H,6-7,10-11H2,1H3. The average molecular weight is 274 g/mol. The molecule has 0 aromatic heterocycles. The first kappa shape index (κ1) is 12.7. The largest absolute Gasteiger partial charge is 0.294 e. The molecule has 21 heavy (non-hydrogen) atoms. The Hall–Kier alpha value is -2.07. The molecule has 1 heteroatoms. The number of fused-ring (bicyclic) bond motifs is 1. The SMILES string of the molecule is CC(=O)c1c(C2CC2)cc(C#CC2CC2)c2ccccc12. The van der Waals surface area contributed by atoms with Crippen molar-refractivity contribution in [2.75, 3.05) is 0 Å². The maximum absolute atomic E-state index is 12.2. The van der Waals surface area contributed by atoms with Gasteiger partial charge < -0.3 is 0 Å². The second kappa shape index (κ2) is 4.74. The van der Waals surface area contributed by atoms with Crippen LogP contribution in [-0.2, 0) is 0 Å². The monoisotopic (exact) mass is 274 g/mol. The number of carbonyl (C=O) groups is 1. The van der Waals surface area contributed by atoms with Gasteiger partial charge in [-0.15, -0.1) is 0 Å². The van der Waals surface area contributed by atoms with Crippen LogP contribution in [0.25, 0.3) is 10.8 Å². The van der Waals surface area contributed by atoms with Gasteiger partial charge in [0.05, 0.1) is 0 Å². The normalized spacial score (nSPS) is 17.4. The summed E-state index contributed by atoms with van der Waals surface area (Å²) >= 11 is 0. The molecule has 0 radical (unpaired) electrons. The molecule has 0 spiro atoms. The number of Topliss-reactive ketones (excluding diaryl/α,β-unsaturated/α-hetero) is 1. The fraction of sp³-hybridized carbons (Fsp3) is 0.350. The molecule has 2 aliphatic rings. The van der Waals surface area contributed by atoms with E-state index in [1.807, 2.05) is 12.1 Å². The van der Waals surface area contributed by atoms with E-state index in [4.69, 9.17) is 0 Å². The molecular formula is C20H18O. The van der Waals surface area contributed by atoms with Gasteiger partial charge in [0.1, 0.15) is 0 Å². The van der Waals surface area contributed by atoms with Crippen LogP contribution in [0.4, 0.5) is 0 Å². The molecule has 0 atom stereocenters. The van der Waals surface area contributed by atoms with E-state index in [1.54, 1.807) is 6.92 Å². The lowest BCUT2D eigenvalue weighted by Gasteiger charge is -2.12. The van der Waals surface area contributed by atoms with Crippen LogP contribution < -0.4 is 0 Å². The van der Waals surface area contributed by atoms with Crippen LogP contribution in [0.2, 0.25) is 0 Å². The number of benzene rings is 2. The van der Waals surface area contributed by atoms with Crippen molar-refractivity contribution in [1.29, 1.82) is 0 Å². The summed E-state index contributed by atoms with van der Waals surface area (Å²) in [5.41, 5.74) is 3.25. The maximum atomic E-state index is 12.2. The number of rotatable bonds is 2. The highest BCUT2D eigenvalue weighted by molar-refractivity contribution is 6.10. The van der Waals surface area contributed by atoms with Gasteiger partial charge in [-0.1, -0.05) is 36.1 Å². The molecular weight excluding hydrogens is 256 g/mol. The lowest BCUT2D eigenvalue weighted by atomic mass is 9.90. The Kier molecular flexibility index (Phi) is 2.86. The van der Waals surface area contributed by atoms with Crippen LogP contribution in [-0.4, -0.2) is 5.78 Å². The zero-order chi connectivity index (χ0) is 14.4. The summed E-state index contributed by atoms with van der Waals surface area (Å²) in [5.74, 6) is 8.08. The Morgan fingerprint density at radius 2 is 1.81 bits per heavy atom. The first-order valence-electron chi connectivity index (χ1n) is 7.82. The van der Waals surface area contributed by atoms with Crippen molar-refractivity contribution < 1.29 is 4.79 Å². The van der Waals surface area contributed by atoms with Gasteiger partial charge in [-0.2, -0.15) is 0 Å². The van der Waals surface area contributed by atoms with E-state index >= 15 is 0 Å². The minimum atomic E-state index is 0.176. The van der Waals surface area contributed by atoms with E-state index in [0.29, 0.717) is 11.8 Å². The lowest BCUT2D eigenvalue weighted by Crippen LogP contribution is -2.01. The molecule has 0 unspecified atom stereocenters. The van der Waals surface area contributed by atoms with Crippen LogP contribution in [0.3, 0.4) is 0 Å². The topological polar surface area (TPSA) is 17.1 Å². The van der Waals surface area contributed by atoms with E-state index in [1.165, 1.54) is 31.2 Å². The van der Waals surface area contributed by atoms with Crippen LogP contribution in [0.1, 0.15) is 60.0 Å². The molecule has 0 heterocycles. The third kappa shape index (κ3) is 2.36. The molecule has 2 fully saturated rings. The predicted octanol–water partition coefficient (Wildman–Crippen LogP) is 4.68. The van der Waals surface area contributed by atoms with E-state index in [-0.39, 0.29) is 5.78 Å². The van der Waals surface area contributed by atoms with Crippen LogP contribution >= 0.6 is 0 Å². The van der Waals surface area contributed by atoms with Crippen LogP contribution in [0.5, 0.6) is 0 Å². The highest BCUT2D eigenvalue weighted by Crippen LogP contribution is 2.44. The Balaban J connectivity index is 1.99. The number of carbonyl (C=O) groups excluding carboxylic acids is 1. The van der Waals surface area contributed by atoms with Crippen LogP contribution in [0, 0.1) is 17.8 Å². The first-order valence-corrected chi connectivity index (χ1v) is 7.82. The Morgan fingerprint density at radius 1 is 1.10 bits per heavy atom. The average Bonchev–Trinajstić information content (AvgIpc) is 3.38. The van der Waals surface area contributed by atoms with Gasteiger partial charge in [0.2, 0.25) is 0 Å². The van der Waals surface area contributed by atoms with Gasteiger partial charge in [-0.3, -0.25) is 4.79 Å². The van der Waals surface area contributed by atoms with Crippen molar-refractivity contribution in [3.8, 4) is 11.8 Å². The molecule has 2 aromatic carbocycles. The number of hydrogen-bond acceptors (Lipinski definition) is 1. The Morgan fingerprint density at radius 3 is 2.43 bits per heavy atom. The fourth-order valence-electron chi connectivity index (χ4n) is 3.02. The summed E-state index contributed by atoms with van der Waals surface area (Å²) in [6, 6.07) is 10.4. The molecule has 0 saturated heterocycles. The second-order valence-corrected chi connectivity index (χ2v) is 6.31. The minimum absolute atomic E-state index is 0.176. The molecule has 0 amide bonds. The van der Waals surface area contributed by atoms with Crippen molar-refractivity contribution in [2.45, 2.75) is 38.5 Å². The molecule has 0 bridgehead atoms. The lowest BCUT2D eigenvalue weighted by molar-refractivity contribution is 0.101. The minimum Gasteiger partial charge on any atom is -0.294 e. The third-order valence-electron chi connectivity index (χ3n) is 4.43. The molecule has 0 N–H and O–H groups in total. The van der Waals surface area contributed by atoms with Crippen molar-refractivity contribution in [3.05, 3.63) is 47.0 Å². The molecule has 0 aliphatic heterocycles. The van der Waals surface area contributed by atoms with E-state index in [9.17, 15) is 4.79 Å². The fourth-order valence-corrected chi connectivity index (χ4v) is 3.02. The van der Waals surface area contributed by atoms with E-state index in [0.717, 1.165) is 21.9 Å². The first-order chi connectivity index (χ1) is 10.2. The highest BCUT2D eigenvalue weighted by Gasteiger charge is 2.29. The molecule has 2 saturated carbocycles. The van der Waals surface area contributed by atoms with Crippen molar-refractivity contribution in [3.63, 3.8) is 0 Å². The molecule has 4 rings (SSSR count). The third-order valence-corrected chi connectivity index (χ3v) is 4.43. The summed E-state index contributed by atoms with van der Waals surface area (Å²) in [6.45, 7) is 1.68. The van der Waals surface area contributed by atoms with Gasteiger partial charge in [0, 0.05) is 17.0 Å². The Bertz CT molecular complexity index is 796. The zero-order valence-corrected chi connectivity index (χ0v) is 12.3. The quantitative estimate of drug-likeness (QED) is 0.574. The van der Waals surface area contributed by atoms with Gasteiger partial charge in [0.15, 0.2) is 5.78 Å². The van der Waals surface area contributed by atoms with Crippen LogP contribution in [0.15, 0.2) is 30.3 Å². The summed E-state index contributed by atoms with van der Waals surface area (Å²) in [4.78, 5) is 12.2. The number of hydrogen-bond donors (Lipinski definition) is 0. The summed E-state index contributed by atoms with van der Waals surface area (Å²) in [7, 11) is 0. The molecule has 2 aliphatic carbocycles. The number of ketones is 1. The van der Waals surface area contributed by atoms with Crippen molar-refractivity contribution in [1.82, 2.24) is 0 Å². The highest BCUT2D eigenvalue weighted by atomic mass is 16.1. The predicted molar refractivity (Wildman–Crippen MR) is 85.5 cm³/mol. The van der Waals surface area contributed by atoms with Crippen molar-refractivity contribution in [2.24, 2.45) is 5.92 Å². The van der Waals surface area contributed by atoms with Gasteiger partial charge in [-0.25, -0.2) is 0 Å². The smallest absolute Gasteiger partial charge is 0.160 e. The molecule has 104 valence electrons. The molecule has 2 aromatic rings. The maximum Gasteiger partial charge on any atom is 0.160 e. The van der Waals surface area contributed by atoms with Gasteiger partial charge in [-0.05, 0) is 60.9 Å². The second-order valence-electron chi connectivity index (χ2n) is 6.31. The van der Waals surface area contributed by atoms with Crippen molar-refractivity contribution >= 4 is 16.6 Å². The van der Waals surface area contributed by atoms with Gasteiger partial charge in [0.25, 0.3) is 0 Å². The summed E-state index contributed by atoms with van der Waals surface area (Å²) in [5, 5.41) is 2.20. The van der Waals surface area contributed by atoms with E-state index < -0.39 is 0 Å². The summed E-state index contributed by atoms with van der Waals surface area (Å²) in [6.07, 6.45) is 4.89. The summed E-state index contributed by atoms with van der Waals surface area (Å²) < 4.78 is 0. The van der Waals surface area contributed by atoms with E-state index in [2.05, 4.69) is 30.0 Å².